The van der Waals surface area contributed by atoms with Crippen LogP contribution in [0.2, 0.25) is 0 Å². The molecule has 0 bridgehead atoms. The SMILES string of the molecule is CCCC(C)NC(=O)Cn1ncc(NCCN)cc1=O. The van der Waals surface area contributed by atoms with Crippen LogP contribution in [0.1, 0.15) is 26.7 Å². The number of amides is 1. The first-order chi connectivity index (χ1) is 9.56. The summed E-state index contributed by atoms with van der Waals surface area (Å²) in [6.45, 7) is 4.98. The fraction of sp³-hybridized carbons (Fsp3) is 0.615. The highest BCUT2D eigenvalue weighted by Crippen LogP contribution is 1.98. The smallest absolute Gasteiger partial charge is 0.269 e. The number of rotatable bonds is 8. The summed E-state index contributed by atoms with van der Waals surface area (Å²) < 4.78 is 1.14. The van der Waals surface area contributed by atoms with E-state index in [4.69, 9.17) is 5.73 Å². The maximum absolute atomic E-state index is 11.8. The van der Waals surface area contributed by atoms with E-state index in [1.54, 1.807) is 0 Å². The lowest BCUT2D eigenvalue weighted by Crippen LogP contribution is -2.38. The summed E-state index contributed by atoms with van der Waals surface area (Å²) in [6, 6.07) is 1.51. The Bertz CT molecular complexity index is 486. The van der Waals surface area contributed by atoms with Crippen molar-refractivity contribution in [2.75, 3.05) is 18.4 Å². The molecule has 0 spiro atoms. The van der Waals surface area contributed by atoms with Crippen LogP contribution >= 0.6 is 0 Å². The highest BCUT2D eigenvalue weighted by Gasteiger charge is 2.09. The molecule has 0 saturated carbocycles. The molecule has 0 fully saturated rings. The maximum atomic E-state index is 11.8. The molecule has 112 valence electrons. The largest absolute Gasteiger partial charge is 0.382 e. The molecule has 4 N–H and O–H groups in total. The molecule has 7 nitrogen and oxygen atoms in total. The third-order valence-corrected chi connectivity index (χ3v) is 2.77. The molecule has 7 heteroatoms. The Hall–Kier alpha value is -1.89. The van der Waals surface area contributed by atoms with E-state index >= 15 is 0 Å². The Morgan fingerprint density at radius 1 is 1.55 bits per heavy atom. The lowest BCUT2D eigenvalue weighted by Gasteiger charge is -2.13. The van der Waals surface area contributed by atoms with Gasteiger partial charge in [0.25, 0.3) is 5.56 Å². The Labute approximate surface area is 118 Å². The molecular formula is C13H23N5O2. The zero-order valence-corrected chi connectivity index (χ0v) is 12.1. The molecule has 1 unspecified atom stereocenters. The number of nitrogens with two attached hydrogens (primary N) is 1. The van der Waals surface area contributed by atoms with Crippen LogP contribution in [0.4, 0.5) is 5.69 Å². The minimum Gasteiger partial charge on any atom is -0.382 e. The van der Waals surface area contributed by atoms with Crippen molar-refractivity contribution in [3.8, 4) is 0 Å². The second-order valence-corrected chi connectivity index (χ2v) is 4.71. The quantitative estimate of drug-likeness (QED) is 0.618. The fourth-order valence-electron chi connectivity index (χ4n) is 1.83. The predicted octanol–water partition coefficient (Wildman–Crippen LogP) is -0.0813. The molecule has 1 amide bonds. The topological polar surface area (TPSA) is 102 Å². The van der Waals surface area contributed by atoms with Gasteiger partial charge in [-0.15, -0.1) is 0 Å². The Balaban J connectivity index is 2.59. The highest BCUT2D eigenvalue weighted by molar-refractivity contribution is 5.75. The number of nitrogens with one attached hydrogen (secondary N) is 2. The van der Waals surface area contributed by atoms with Crippen LogP contribution in [0.5, 0.6) is 0 Å². The van der Waals surface area contributed by atoms with Crippen LogP contribution in [0.25, 0.3) is 0 Å². The van der Waals surface area contributed by atoms with E-state index < -0.39 is 0 Å². The zero-order valence-electron chi connectivity index (χ0n) is 12.1. The van der Waals surface area contributed by atoms with Crippen molar-refractivity contribution in [2.24, 2.45) is 5.73 Å². The molecule has 0 aliphatic carbocycles. The monoisotopic (exact) mass is 281 g/mol. The Morgan fingerprint density at radius 2 is 2.30 bits per heavy atom. The summed E-state index contributed by atoms with van der Waals surface area (Å²) in [6.07, 6.45) is 3.43. The van der Waals surface area contributed by atoms with E-state index in [0.717, 1.165) is 17.5 Å². The fourth-order valence-corrected chi connectivity index (χ4v) is 1.83. The number of hydrogen-bond acceptors (Lipinski definition) is 5. The lowest BCUT2D eigenvalue weighted by molar-refractivity contribution is -0.122. The minimum absolute atomic E-state index is 0.0654. The summed E-state index contributed by atoms with van der Waals surface area (Å²) in [5.74, 6) is -0.205. The van der Waals surface area contributed by atoms with Crippen LogP contribution < -0.4 is 21.9 Å². The summed E-state index contributed by atoms with van der Waals surface area (Å²) in [4.78, 5) is 23.6. The van der Waals surface area contributed by atoms with Crippen molar-refractivity contribution in [1.82, 2.24) is 15.1 Å². The Kier molecular flexibility index (Phi) is 6.72. The lowest BCUT2D eigenvalue weighted by atomic mass is 10.2. The second-order valence-electron chi connectivity index (χ2n) is 4.71. The van der Waals surface area contributed by atoms with E-state index in [9.17, 15) is 9.59 Å². The molecule has 0 radical (unpaired) electrons. The van der Waals surface area contributed by atoms with Gasteiger partial charge in [0.05, 0.1) is 11.9 Å². The molecule has 20 heavy (non-hydrogen) atoms. The van der Waals surface area contributed by atoms with Crippen molar-refractivity contribution in [2.45, 2.75) is 39.3 Å². The van der Waals surface area contributed by atoms with Crippen LogP contribution in [0.3, 0.4) is 0 Å². The van der Waals surface area contributed by atoms with Gasteiger partial charge in [-0.2, -0.15) is 5.10 Å². The van der Waals surface area contributed by atoms with Crippen LogP contribution in [-0.4, -0.2) is 34.8 Å². The molecule has 0 aliphatic rings. The molecule has 1 rings (SSSR count). The van der Waals surface area contributed by atoms with Crippen molar-refractivity contribution < 1.29 is 4.79 Å². The van der Waals surface area contributed by atoms with E-state index in [-0.39, 0.29) is 24.1 Å². The average Bonchev–Trinajstić information content (AvgIpc) is 2.39. The van der Waals surface area contributed by atoms with Crippen molar-refractivity contribution in [3.63, 3.8) is 0 Å². The van der Waals surface area contributed by atoms with Crippen molar-refractivity contribution in [3.05, 3.63) is 22.6 Å². The van der Waals surface area contributed by atoms with Gasteiger partial charge < -0.3 is 16.4 Å². The first-order valence-corrected chi connectivity index (χ1v) is 6.87. The number of hydrogen-bond donors (Lipinski definition) is 3. The van der Waals surface area contributed by atoms with E-state index in [0.29, 0.717) is 18.8 Å². The molecule has 1 atom stereocenters. The first kappa shape index (κ1) is 16.2. The van der Waals surface area contributed by atoms with Gasteiger partial charge in [0.15, 0.2) is 0 Å². The van der Waals surface area contributed by atoms with Crippen molar-refractivity contribution >= 4 is 11.6 Å². The predicted molar refractivity (Wildman–Crippen MR) is 78.6 cm³/mol. The summed E-state index contributed by atoms with van der Waals surface area (Å²) in [7, 11) is 0. The molecule has 0 saturated heterocycles. The van der Waals surface area contributed by atoms with E-state index in [1.807, 2.05) is 6.92 Å². The maximum Gasteiger partial charge on any atom is 0.269 e. The average molecular weight is 281 g/mol. The molecule has 1 heterocycles. The second kappa shape index (κ2) is 8.31. The van der Waals surface area contributed by atoms with Gasteiger partial charge >= 0.3 is 0 Å². The highest BCUT2D eigenvalue weighted by atomic mass is 16.2. The van der Waals surface area contributed by atoms with E-state index in [2.05, 4.69) is 22.7 Å². The molecule has 1 aromatic rings. The normalized spacial score (nSPS) is 11.9. The van der Waals surface area contributed by atoms with Gasteiger partial charge in [-0.1, -0.05) is 13.3 Å². The standard InChI is InChI=1S/C13H23N5O2/c1-3-4-10(2)17-12(19)9-18-13(20)7-11(8-16-18)15-6-5-14/h7-8,10,15H,3-6,9,14H2,1-2H3,(H,17,19). The van der Waals surface area contributed by atoms with Gasteiger partial charge in [-0.25, -0.2) is 4.68 Å². The van der Waals surface area contributed by atoms with Gasteiger partial charge in [0.1, 0.15) is 6.54 Å². The van der Waals surface area contributed by atoms with E-state index in [1.165, 1.54) is 12.3 Å². The third kappa shape index (κ3) is 5.40. The van der Waals surface area contributed by atoms with Crippen LogP contribution in [0, 0.1) is 0 Å². The third-order valence-electron chi connectivity index (χ3n) is 2.77. The summed E-state index contributed by atoms with van der Waals surface area (Å²) in [5.41, 5.74) is 5.66. The van der Waals surface area contributed by atoms with Crippen molar-refractivity contribution in [1.29, 1.82) is 0 Å². The number of aromatic nitrogens is 2. The number of anilines is 1. The number of nitrogens with zero attached hydrogens (tertiary/aromatic N) is 2. The van der Waals surface area contributed by atoms with Gasteiger partial charge in [-0.3, -0.25) is 9.59 Å². The van der Waals surface area contributed by atoms with Gasteiger partial charge in [-0.05, 0) is 13.3 Å². The zero-order chi connectivity index (χ0) is 15.0. The summed E-state index contributed by atoms with van der Waals surface area (Å²) >= 11 is 0. The molecule has 1 aromatic heterocycles. The number of carbonyl (C=O) groups excluding carboxylic acids is 1. The summed E-state index contributed by atoms with van der Waals surface area (Å²) in [5, 5.41) is 9.76. The first-order valence-electron chi connectivity index (χ1n) is 6.87. The molecule has 0 aromatic carbocycles. The number of carbonyl (C=O) groups is 1. The minimum atomic E-state index is -0.315. The van der Waals surface area contributed by atoms with Gasteiger partial charge in [0.2, 0.25) is 5.91 Å². The Morgan fingerprint density at radius 3 is 2.90 bits per heavy atom. The molecule has 0 aliphatic heterocycles. The van der Waals surface area contributed by atoms with Crippen LogP contribution in [0.15, 0.2) is 17.1 Å². The van der Waals surface area contributed by atoms with Crippen LogP contribution in [-0.2, 0) is 11.3 Å². The van der Waals surface area contributed by atoms with Gasteiger partial charge in [0, 0.05) is 25.2 Å². The molecular weight excluding hydrogens is 258 g/mol.